The van der Waals surface area contributed by atoms with Gasteiger partial charge in [0.1, 0.15) is 5.76 Å². The van der Waals surface area contributed by atoms with Gasteiger partial charge in [0.15, 0.2) is 5.96 Å². The van der Waals surface area contributed by atoms with Gasteiger partial charge in [0, 0.05) is 24.9 Å². The average Bonchev–Trinajstić information content (AvgIpc) is 3.28. The highest BCUT2D eigenvalue weighted by Crippen LogP contribution is 2.28. The van der Waals surface area contributed by atoms with E-state index in [0.717, 1.165) is 36.6 Å². The van der Waals surface area contributed by atoms with Gasteiger partial charge in [-0.3, -0.25) is 9.89 Å². The highest BCUT2D eigenvalue weighted by molar-refractivity contribution is 14.0. The van der Waals surface area contributed by atoms with Gasteiger partial charge < -0.3 is 15.1 Å². The highest BCUT2D eigenvalue weighted by Gasteiger charge is 2.25. The smallest absolute Gasteiger partial charge is 0.191 e. The maximum atomic E-state index is 5.66. The highest BCUT2D eigenvalue weighted by atomic mass is 127. The molecule has 2 N–H and O–H groups in total. The van der Waals surface area contributed by atoms with Crippen LogP contribution in [0.4, 0.5) is 0 Å². The van der Waals surface area contributed by atoms with E-state index in [9.17, 15) is 0 Å². The van der Waals surface area contributed by atoms with Gasteiger partial charge in [0.2, 0.25) is 0 Å². The molecule has 0 saturated heterocycles. The van der Waals surface area contributed by atoms with Crippen LogP contribution in [0.3, 0.4) is 0 Å². The molecule has 1 aliphatic rings. The van der Waals surface area contributed by atoms with Crippen molar-refractivity contribution in [1.82, 2.24) is 15.5 Å². The molecule has 3 unspecified atom stereocenters. The zero-order valence-corrected chi connectivity index (χ0v) is 19.0. The number of halogens is 1. The minimum absolute atomic E-state index is 0. The van der Waals surface area contributed by atoms with Crippen molar-refractivity contribution in [3.05, 3.63) is 24.2 Å². The predicted octanol–water partition coefficient (Wildman–Crippen LogP) is 3.73. The Labute approximate surface area is 173 Å². The van der Waals surface area contributed by atoms with Crippen LogP contribution in [0.5, 0.6) is 0 Å². The van der Waals surface area contributed by atoms with E-state index in [-0.39, 0.29) is 30.0 Å². The van der Waals surface area contributed by atoms with Crippen molar-refractivity contribution in [2.24, 2.45) is 4.99 Å². The molecule has 0 bridgehead atoms. The van der Waals surface area contributed by atoms with E-state index in [1.165, 1.54) is 19.3 Å². The first-order valence-corrected chi connectivity index (χ1v) is 10.3. The summed E-state index contributed by atoms with van der Waals surface area (Å²) >= 11 is 1.98. The molecule has 0 spiro atoms. The number of hydrogen-bond donors (Lipinski definition) is 2. The monoisotopic (exact) mass is 480 g/mol. The molecule has 0 aliphatic heterocycles. The molecular formula is C18H33IN4OS. The van der Waals surface area contributed by atoms with Crippen molar-refractivity contribution < 1.29 is 4.42 Å². The number of likely N-dealkylation sites (N-methyl/N-ethyl adjacent to an activating group) is 1. The van der Waals surface area contributed by atoms with Crippen molar-refractivity contribution in [3.63, 3.8) is 0 Å². The van der Waals surface area contributed by atoms with Crippen molar-refractivity contribution >= 4 is 41.7 Å². The second kappa shape index (κ2) is 12.1. The van der Waals surface area contributed by atoms with Crippen molar-refractivity contribution in [2.45, 2.75) is 50.4 Å². The van der Waals surface area contributed by atoms with E-state index < -0.39 is 0 Å². The molecule has 7 heteroatoms. The summed E-state index contributed by atoms with van der Waals surface area (Å²) in [6.45, 7) is 7.15. The summed E-state index contributed by atoms with van der Waals surface area (Å²) < 4.78 is 5.66. The third kappa shape index (κ3) is 6.67. The third-order valence-corrected chi connectivity index (χ3v) is 5.96. The number of rotatable bonds is 8. The molecule has 3 atom stereocenters. The van der Waals surface area contributed by atoms with E-state index >= 15 is 0 Å². The fourth-order valence-electron chi connectivity index (χ4n) is 3.42. The van der Waals surface area contributed by atoms with E-state index in [1.54, 1.807) is 6.26 Å². The first-order chi connectivity index (χ1) is 11.7. The summed E-state index contributed by atoms with van der Waals surface area (Å²) in [5, 5.41) is 7.86. The third-order valence-electron chi connectivity index (χ3n) is 4.87. The first kappa shape index (κ1) is 22.6. The molecule has 0 amide bonds. The topological polar surface area (TPSA) is 52.8 Å². The zero-order valence-electron chi connectivity index (χ0n) is 15.8. The molecule has 5 nitrogen and oxygen atoms in total. The Morgan fingerprint density at radius 3 is 2.68 bits per heavy atom. The van der Waals surface area contributed by atoms with Crippen LogP contribution in [-0.4, -0.2) is 55.1 Å². The van der Waals surface area contributed by atoms with E-state index in [1.807, 2.05) is 24.9 Å². The second-order valence-electron chi connectivity index (χ2n) is 6.22. The minimum Gasteiger partial charge on any atom is -0.468 e. The van der Waals surface area contributed by atoms with Crippen LogP contribution in [0.15, 0.2) is 27.8 Å². The van der Waals surface area contributed by atoms with Crippen LogP contribution in [-0.2, 0) is 0 Å². The summed E-state index contributed by atoms with van der Waals surface area (Å²) in [6.07, 6.45) is 7.70. The molecule has 1 saturated carbocycles. The number of guanidine groups is 1. The van der Waals surface area contributed by atoms with Gasteiger partial charge in [-0.05, 0) is 50.7 Å². The predicted molar refractivity (Wildman–Crippen MR) is 119 cm³/mol. The maximum Gasteiger partial charge on any atom is 0.191 e. The molecule has 0 aromatic carbocycles. The lowest BCUT2D eigenvalue weighted by Crippen LogP contribution is -2.46. The molecule has 1 aromatic heterocycles. The number of furan rings is 1. The summed E-state index contributed by atoms with van der Waals surface area (Å²) in [5.74, 6) is 1.90. The number of thioether (sulfide) groups is 1. The van der Waals surface area contributed by atoms with Crippen LogP contribution in [0.2, 0.25) is 0 Å². The molecule has 1 aromatic rings. The summed E-state index contributed by atoms with van der Waals surface area (Å²) in [4.78, 5) is 6.81. The van der Waals surface area contributed by atoms with Crippen LogP contribution in [0, 0.1) is 0 Å². The number of hydrogen-bond acceptors (Lipinski definition) is 4. The van der Waals surface area contributed by atoms with Gasteiger partial charge in [-0.2, -0.15) is 11.8 Å². The Kier molecular flexibility index (Phi) is 10.9. The largest absolute Gasteiger partial charge is 0.468 e. The van der Waals surface area contributed by atoms with Crippen molar-refractivity contribution in [2.75, 3.05) is 32.9 Å². The molecule has 1 fully saturated rings. The van der Waals surface area contributed by atoms with Gasteiger partial charge in [-0.25, -0.2) is 0 Å². The van der Waals surface area contributed by atoms with Crippen molar-refractivity contribution in [1.29, 1.82) is 0 Å². The standard InChI is InChI=1S/C18H32N4OS.HI/c1-5-22(6-2)16(17-8-7-11-23-17)13-20-18(19-3)21-14-9-10-15(12-14)24-4;/h7-8,11,14-16H,5-6,9-10,12-13H2,1-4H3,(H2,19,20,21);1H. The fourth-order valence-corrected chi connectivity index (χ4v) is 4.22. The molecule has 25 heavy (non-hydrogen) atoms. The molecular weight excluding hydrogens is 447 g/mol. The minimum atomic E-state index is 0. The van der Waals surface area contributed by atoms with Crippen LogP contribution in [0.1, 0.15) is 44.9 Å². The van der Waals surface area contributed by atoms with Crippen molar-refractivity contribution in [3.8, 4) is 0 Å². The number of aliphatic imine (C=N–C) groups is 1. The maximum absolute atomic E-state index is 5.66. The van der Waals surface area contributed by atoms with Crippen LogP contribution < -0.4 is 10.6 Å². The number of nitrogens with zero attached hydrogens (tertiary/aromatic N) is 2. The average molecular weight is 480 g/mol. The zero-order chi connectivity index (χ0) is 17.4. The lowest BCUT2D eigenvalue weighted by atomic mass is 10.2. The Bertz CT molecular complexity index is 493. The molecule has 0 radical (unpaired) electrons. The Morgan fingerprint density at radius 2 is 2.16 bits per heavy atom. The van der Waals surface area contributed by atoms with Gasteiger partial charge in [0.25, 0.3) is 0 Å². The molecule has 2 rings (SSSR count). The van der Waals surface area contributed by atoms with E-state index in [0.29, 0.717) is 6.04 Å². The quantitative estimate of drug-likeness (QED) is 0.338. The Hall–Kier alpha value is -0.410. The Balaban J connectivity index is 0.00000312. The van der Waals surface area contributed by atoms with Crippen LogP contribution >= 0.6 is 35.7 Å². The van der Waals surface area contributed by atoms with Gasteiger partial charge >= 0.3 is 0 Å². The summed E-state index contributed by atoms with van der Waals surface area (Å²) in [5.41, 5.74) is 0. The molecule has 1 heterocycles. The normalized spacial score (nSPS) is 21.9. The molecule has 144 valence electrons. The van der Waals surface area contributed by atoms with E-state index in [4.69, 9.17) is 4.42 Å². The van der Waals surface area contributed by atoms with E-state index in [2.05, 4.69) is 46.7 Å². The lowest BCUT2D eigenvalue weighted by molar-refractivity contribution is 0.193. The van der Waals surface area contributed by atoms with Gasteiger partial charge in [0.05, 0.1) is 12.3 Å². The SMILES string of the molecule is CCN(CC)C(CNC(=NC)NC1CCC(SC)C1)c1ccco1.I. The second-order valence-corrected chi connectivity index (χ2v) is 7.36. The fraction of sp³-hybridized carbons (Fsp3) is 0.722. The summed E-state index contributed by atoms with van der Waals surface area (Å²) in [6, 6.07) is 4.76. The molecule has 1 aliphatic carbocycles. The first-order valence-electron chi connectivity index (χ1n) is 8.99. The lowest BCUT2D eigenvalue weighted by Gasteiger charge is -2.29. The number of nitrogens with one attached hydrogen (secondary N) is 2. The Morgan fingerprint density at radius 1 is 1.40 bits per heavy atom. The van der Waals surface area contributed by atoms with Gasteiger partial charge in [-0.15, -0.1) is 24.0 Å². The summed E-state index contributed by atoms with van der Waals surface area (Å²) in [7, 11) is 1.84. The van der Waals surface area contributed by atoms with Crippen LogP contribution in [0.25, 0.3) is 0 Å². The van der Waals surface area contributed by atoms with Gasteiger partial charge in [-0.1, -0.05) is 13.8 Å².